The molecule has 2 aliphatic rings. The Labute approximate surface area is 101 Å². The number of hydrogen-bond acceptors (Lipinski definition) is 3. The predicted molar refractivity (Wildman–Crippen MR) is 64.1 cm³/mol. The Morgan fingerprint density at radius 2 is 2.24 bits per heavy atom. The summed E-state index contributed by atoms with van der Waals surface area (Å²) in [6, 6.07) is 6.29. The molecule has 2 unspecified atom stereocenters. The van der Waals surface area contributed by atoms with Gasteiger partial charge in [0.05, 0.1) is 12.7 Å². The highest BCUT2D eigenvalue weighted by molar-refractivity contribution is 5.40. The second kappa shape index (κ2) is 4.67. The first-order valence-corrected chi connectivity index (χ1v) is 6.36. The lowest BCUT2D eigenvalue weighted by Crippen LogP contribution is -2.25. The average molecular weight is 234 g/mol. The largest absolute Gasteiger partial charge is 0.493 e. The number of hydrogen-bond donors (Lipinski definition) is 1. The van der Waals surface area contributed by atoms with E-state index >= 15 is 0 Å². The first-order chi connectivity index (χ1) is 8.38. The van der Waals surface area contributed by atoms with Crippen molar-refractivity contribution in [1.82, 2.24) is 0 Å². The van der Waals surface area contributed by atoms with Crippen LogP contribution in [0.25, 0.3) is 0 Å². The molecule has 3 rings (SSSR count). The third-order valence-corrected chi connectivity index (χ3v) is 3.72. The molecule has 0 spiro atoms. The molecule has 1 aromatic rings. The summed E-state index contributed by atoms with van der Waals surface area (Å²) in [6.45, 7) is 1.79. The van der Waals surface area contributed by atoms with E-state index in [9.17, 15) is 5.11 Å². The summed E-state index contributed by atoms with van der Waals surface area (Å²) in [5.41, 5.74) is 2.46. The quantitative estimate of drug-likeness (QED) is 0.851. The van der Waals surface area contributed by atoms with E-state index in [1.165, 1.54) is 11.1 Å². The molecule has 2 atom stereocenters. The molecule has 0 amide bonds. The Bertz CT molecular complexity index is 402. The monoisotopic (exact) mass is 234 g/mol. The Morgan fingerprint density at radius 1 is 1.29 bits per heavy atom. The molecule has 2 heterocycles. The Balaban J connectivity index is 1.87. The molecule has 0 radical (unpaired) electrons. The molecular formula is C14H18O3. The van der Waals surface area contributed by atoms with Crippen LogP contribution in [-0.2, 0) is 11.2 Å². The lowest BCUT2D eigenvalue weighted by Gasteiger charge is -2.31. The van der Waals surface area contributed by atoms with Crippen LogP contribution in [0.3, 0.4) is 0 Å². The average Bonchev–Trinajstić information content (AvgIpc) is 2.85. The lowest BCUT2D eigenvalue weighted by molar-refractivity contribution is -0.0457. The minimum absolute atomic E-state index is 0.0552. The summed E-state index contributed by atoms with van der Waals surface area (Å²) in [6.07, 6.45) is 3.14. The van der Waals surface area contributed by atoms with Crippen LogP contribution in [0.4, 0.5) is 0 Å². The van der Waals surface area contributed by atoms with E-state index in [0.717, 1.165) is 38.2 Å². The molecule has 1 N–H and O–H groups in total. The van der Waals surface area contributed by atoms with Crippen molar-refractivity contribution in [2.75, 3.05) is 19.8 Å². The SMILES string of the molecule is OCC1CCCOC1c1ccc2c(c1)CCO2. The van der Waals surface area contributed by atoms with Crippen LogP contribution in [0, 0.1) is 5.92 Å². The molecule has 1 aromatic carbocycles. The molecule has 92 valence electrons. The number of aliphatic hydroxyl groups is 1. The summed E-state index contributed by atoms with van der Waals surface area (Å²) >= 11 is 0. The highest BCUT2D eigenvalue weighted by Gasteiger charge is 2.27. The standard InChI is InChI=1S/C14H18O3/c15-9-12-2-1-6-17-14(12)11-3-4-13-10(8-11)5-7-16-13/h3-4,8,12,14-15H,1-2,5-7,9H2. The van der Waals surface area contributed by atoms with Crippen LogP contribution < -0.4 is 4.74 Å². The van der Waals surface area contributed by atoms with E-state index in [1.807, 2.05) is 6.07 Å². The van der Waals surface area contributed by atoms with Crippen LogP contribution in [0.1, 0.15) is 30.1 Å². The van der Waals surface area contributed by atoms with Crippen molar-refractivity contribution in [1.29, 1.82) is 0 Å². The highest BCUT2D eigenvalue weighted by Crippen LogP contribution is 2.36. The van der Waals surface area contributed by atoms with Gasteiger partial charge in [-0.25, -0.2) is 0 Å². The summed E-state index contributed by atoms with van der Waals surface area (Å²) in [4.78, 5) is 0. The molecule has 0 saturated carbocycles. The number of fused-ring (bicyclic) bond motifs is 1. The first kappa shape index (κ1) is 11.1. The minimum Gasteiger partial charge on any atom is -0.493 e. The van der Waals surface area contributed by atoms with E-state index in [0.29, 0.717) is 0 Å². The lowest BCUT2D eigenvalue weighted by atomic mass is 9.89. The smallest absolute Gasteiger partial charge is 0.122 e. The van der Waals surface area contributed by atoms with Gasteiger partial charge in [-0.15, -0.1) is 0 Å². The summed E-state index contributed by atoms with van der Waals surface area (Å²) in [5.74, 6) is 1.24. The maximum atomic E-state index is 9.41. The zero-order valence-corrected chi connectivity index (χ0v) is 9.89. The van der Waals surface area contributed by atoms with Gasteiger partial charge in [-0.3, -0.25) is 0 Å². The van der Waals surface area contributed by atoms with Crippen molar-refractivity contribution in [2.24, 2.45) is 5.92 Å². The fourth-order valence-corrected chi connectivity index (χ4v) is 2.78. The Morgan fingerprint density at radius 3 is 3.12 bits per heavy atom. The van der Waals surface area contributed by atoms with Crippen molar-refractivity contribution in [3.05, 3.63) is 29.3 Å². The fraction of sp³-hybridized carbons (Fsp3) is 0.571. The van der Waals surface area contributed by atoms with Crippen LogP contribution in [-0.4, -0.2) is 24.9 Å². The van der Waals surface area contributed by atoms with Gasteiger partial charge in [0, 0.05) is 25.6 Å². The Kier molecular flexibility index (Phi) is 3.04. The van der Waals surface area contributed by atoms with Gasteiger partial charge >= 0.3 is 0 Å². The van der Waals surface area contributed by atoms with E-state index in [-0.39, 0.29) is 18.6 Å². The summed E-state index contributed by atoms with van der Waals surface area (Å²) in [5, 5.41) is 9.41. The summed E-state index contributed by atoms with van der Waals surface area (Å²) in [7, 11) is 0. The zero-order chi connectivity index (χ0) is 11.7. The van der Waals surface area contributed by atoms with Crippen molar-refractivity contribution in [3.63, 3.8) is 0 Å². The number of aliphatic hydroxyl groups excluding tert-OH is 1. The Hall–Kier alpha value is -1.06. The van der Waals surface area contributed by atoms with Crippen molar-refractivity contribution < 1.29 is 14.6 Å². The maximum Gasteiger partial charge on any atom is 0.122 e. The third kappa shape index (κ3) is 2.05. The van der Waals surface area contributed by atoms with E-state index in [1.54, 1.807) is 0 Å². The number of benzene rings is 1. The van der Waals surface area contributed by atoms with Gasteiger partial charge in [-0.1, -0.05) is 6.07 Å². The van der Waals surface area contributed by atoms with E-state index in [4.69, 9.17) is 9.47 Å². The van der Waals surface area contributed by atoms with Gasteiger partial charge < -0.3 is 14.6 Å². The van der Waals surface area contributed by atoms with Gasteiger partial charge in [-0.2, -0.15) is 0 Å². The topological polar surface area (TPSA) is 38.7 Å². The van der Waals surface area contributed by atoms with Gasteiger partial charge in [0.2, 0.25) is 0 Å². The molecule has 0 aliphatic carbocycles. The zero-order valence-electron chi connectivity index (χ0n) is 9.89. The number of ether oxygens (including phenoxy) is 2. The second-order valence-electron chi connectivity index (χ2n) is 4.84. The van der Waals surface area contributed by atoms with Crippen LogP contribution in [0.2, 0.25) is 0 Å². The molecule has 1 fully saturated rings. The van der Waals surface area contributed by atoms with Gasteiger partial charge in [0.1, 0.15) is 5.75 Å². The molecule has 3 nitrogen and oxygen atoms in total. The fourth-order valence-electron chi connectivity index (χ4n) is 2.78. The van der Waals surface area contributed by atoms with Gasteiger partial charge in [0.25, 0.3) is 0 Å². The predicted octanol–water partition coefficient (Wildman–Crippen LogP) is 2.08. The van der Waals surface area contributed by atoms with E-state index < -0.39 is 0 Å². The highest BCUT2D eigenvalue weighted by atomic mass is 16.5. The molecule has 3 heteroatoms. The van der Waals surface area contributed by atoms with Crippen molar-refractivity contribution in [3.8, 4) is 5.75 Å². The van der Waals surface area contributed by atoms with Gasteiger partial charge in [-0.05, 0) is 36.1 Å². The molecule has 0 bridgehead atoms. The number of rotatable bonds is 2. The summed E-state index contributed by atoms with van der Waals surface area (Å²) < 4.78 is 11.3. The van der Waals surface area contributed by atoms with Crippen LogP contribution in [0.5, 0.6) is 5.75 Å². The van der Waals surface area contributed by atoms with Crippen molar-refractivity contribution in [2.45, 2.75) is 25.4 Å². The van der Waals surface area contributed by atoms with Crippen LogP contribution >= 0.6 is 0 Å². The molecular weight excluding hydrogens is 216 g/mol. The first-order valence-electron chi connectivity index (χ1n) is 6.36. The second-order valence-corrected chi connectivity index (χ2v) is 4.84. The molecule has 0 aromatic heterocycles. The van der Waals surface area contributed by atoms with Crippen molar-refractivity contribution >= 4 is 0 Å². The van der Waals surface area contributed by atoms with Gasteiger partial charge in [0.15, 0.2) is 0 Å². The minimum atomic E-state index is 0.0552. The molecule has 17 heavy (non-hydrogen) atoms. The van der Waals surface area contributed by atoms with Crippen LogP contribution in [0.15, 0.2) is 18.2 Å². The van der Waals surface area contributed by atoms with E-state index in [2.05, 4.69) is 12.1 Å². The molecule has 1 saturated heterocycles. The normalized spacial score (nSPS) is 27.6. The third-order valence-electron chi connectivity index (χ3n) is 3.72. The maximum absolute atomic E-state index is 9.41. The molecule has 2 aliphatic heterocycles.